The van der Waals surface area contributed by atoms with Gasteiger partial charge in [0.1, 0.15) is 18.2 Å². The van der Waals surface area contributed by atoms with Crippen LogP contribution in [0.4, 0.5) is 19.3 Å². The van der Waals surface area contributed by atoms with Crippen LogP contribution in [-0.4, -0.2) is 60.1 Å². The molecule has 0 fully saturated rings. The van der Waals surface area contributed by atoms with E-state index in [-0.39, 0.29) is 24.7 Å². The lowest BCUT2D eigenvalue weighted by atomic mass is 10.1. The smallest absolute Gasteiger partial charge is 0.322 e. The van der Waals surface area contributed by atoms with Crippen molar-refractivity contribution >= 4 is 28.5 Å². The Morgan fingerprint density at radius 3 is 2.49 bits per heavy atom. The van der Waals surface area contributed by atoms with Gasteiger partial charge >= 0.3 is 6.03 Å². The maximum absolute atomic E-state index is 14.2. The zero-order chi connectivity index (χ0) is 27.6. The number of para-hydroxylation sites is 1. The van der Waals surface area contributed by atoms with Crippen molar-refractivity contribution in [2.75, 3.05) is 38.7 Å². The van der Waals surface area contributed by atoms with Gasteiger partial charge in [-0.05, 0) is 42.2 Å². The summed E-state index contributed by atoms with van der Waals surface area (Å²) in [6, 6.07) is 19.9. The first-order chi connectivity index (χ1) is 18.9. The first-order valence-corrected chi connectivity index (χ1v) is 12.8. The molecular weight excluding hydrogens is 502 g/mol. The van der Waals surface area contributed by atoms with Gasteiger partial charge in [-0.1, -0.05) is 48.5 Å². The molecular formula is C30H32F2N4O3. The highest BCUT2D eigenvalue weighted by atomic mass is 19.1. The molecule has 9 heteroatoms. The molecule has 7 nitrogen and oxygen atoms in total. The molecule has 1 heterocycles. The number of H-pyrrole nitrogens is 1. The molecule has 2 N–H and O–H groups in total. The van der Waals surface area contributed by atoms with Crippen molar-refractivity contribution in [3.05, 3.63) is 102 Å². The summed E-state index contributed by atoms with van der Waals surface area (Å²) in [7, 11) is 1.55. The number of aromatic amines is 1. The molecule has 0 saturated heterocycles. The highest BCUT2D eigenvalue weighted by Gasteiger charge is 2.23. The van der Waals surface area contributed by atoms with Gasteiger partial charge in [0.25, 0.3) is 0 Å². The standard InChI is InChI=1S/C30H32F2N4O3/c1-39-17-7-15-36(30(38)34-28-13-12-24(31)18-26(28)32)21-29(37)35(20-22-8-3-2-4-9-22)16-14-23-19-33-27-11-6-5-10-25(23)27/h2-6,8-13,18-19,33H,7,14-17,20-21H2,1H3,(H,34,38). The number of nitrogens with zero attached hydrogens (tertiary/aromatic N) is 2. The van der Waals surface area contributed by atoms with Crippen molar-refractivity contribution in [1.29, 1.82) is 0 Å². The van der Waals surface area contributed by atoms with Gasteiger partial charge in [-0.3, -0.25) is 4.79 Å². The van der Waals surface area contributed by atoms with E-state index in [1.54, 1.807) is 12.0 Å². The van der Waals surface area contributed by atoms with Crippen molar-refractivity contribution in [1.82, 2.24) is 14.8 Å². The summed E-state index contributed by atoms with van der Waals surface area (Å²) in [6.45, 7) is 1.21. The maximum Gasteiger partial charge on any atom is 0.322 e. The first kappa shape index (κ1) is 27.8. The number of fused-ring (bicyclic) bond motifs is 1. The summed E-state index contributed by atoms with van der Waals surface area (Å²) in [5.41, 5.74) is 2.93. The molecule has 0 unspecified atom stereocenters. The lowest BCUT2D eigenvalue weighted by Gasteiger charge is -2.28. The predicted octanol–water partition coefficient (Wildman–Crippen LogP) is 5.59. The second-order valence-electron chi connectivity index (χ2n) is 9.23. The van der Waals surface area contributed by atoms with E-state index in [1.807, 2.05) is 60.8 Å². The summed E-state index contributed by atoms with van der Waals surface area (Å²) in [5.74, 6) is -1.88. The third-order valence-electron chi connectivity index (χ3n) is 6.46. The Hall–Kier alpha value is -4.24. The first-order valence-electron chi connectivity index (χ1n) is 12.8. The minimum atomic E-state index is -0.893. The second kappa shape index (κ2) is 13.5. The molecule has 1 aromatic heterocycles. The molecule has 4 aromatic rings. The van der Waals surface area contributed by atoms with Gasteiger partial charge in [-0.2, -0.15) is 0 Å². The van der Waals surface area contributed by atoms with Gasteiger partial charge in [0, 0.05) is 56.5 Å². The molecule has 3 aromatic carbocycles. The Bertz CT molecular complexity index is 1390. The Kier molecular flexibility index (Phi) is 9.64. The number of carbonyl (C=O) groups is 2. The number of methoxy groups -OCH3 is 1. The number of hydrogen-bond acceptors (Lipinski definition) is 3. The van der Waals surface area contributed by atoms with Gasteiger partial charge in [0.2, 0.25) is 5.91 Å². The lowest BCUT2D eigenvalue weighted by molar-refractivity contribution is -0.132. The average Bonchev–Trinajstić information content (AvgIpc) is 3.35. The van der Waals surface area contributed by atoms with Crippen molar-refractivity contribution in [3.63, 3.8) is 0 Å². The van der Waals surface area contributed by atoms with E-state index in [1.165, 1.54) is 4.90 Å². The maximum atomic E-state index is 14.2. The number of benzene rings is 3. The zero-order valence-corrected chi connectivity index (χ0v) is 21.8. The summed E-state index contributed by atoms with van der Waals surface area (Å²) in [4.78, 5) is 33.0. The molecule has 0 radical (unpaired) electrons. The van der Waals surface area contributed by atoms with Crippen LogP contribution in [0.25, 0.3) is 10.9 Å². The summed E-state index contributed by atoms with van der Waals surface area (Å²) < 4.78 is 32.6. The van der Waals surface area contributed by atoms with Gasteiger partial charge in [-0.25, -0.2) is 13.6 Å². The highest BCUT2D eigenvalue weighted by molar-refractivity contribution is 5.92. The molecule has 39 heavy (non-hydrogen) atoms. The van der Waals surface area contributed by atoms with Crippen LogP contribution in [-0.2, 0) is 22.5 Å². The number of hydrogen-bond donors (Lipinski definition) is 2. The van der Waals surface area contributed by atoms with Crippen molar-refractivity contribution in [2.24, 2.45) is 0 Å². The van der Waals surface area contributed by atoms with Crippen molar-refractivity contribution < 1.29 is 23.1 Å². The Balaban J connectivity index is 1.50. The van der Waals surface area contributed by atoms with E-state index in [0.29, 0.717) is 38.6 Å². The summed E-state index contributed by atoms with van der Waals surface area (Å²) >= 11 is 0. The molecule has 204 valence electrons. The summed E-state index contributed by atoms with van der Waals surface area (Å²) in [5, 5.41) is 3.57. The number of carbonyl (C=O) groups excluding carboxylic acids is 2. The van der Waals surface area contributed by atoms with Crippen molar-refractivity contribution in [2.45, 2.75) is 19.4 Å². The second-order valence-corrected chi connectivity index (χ2v) is 9.23. The zero-order valence-electron chi connectivity index (χ0n) is 21.8. The van der Waals surface area contributed by atoms with Crippen LogP contribution in [0.5, 0.6) is 0 Å². The Morgan fingerprint density at radius 2 is 1.72 bits per heavy atom. The molecule has 4 rings (SSSR count). The van der Waals surface area contributed by atoms with Gasteiger partial charge in [-0.15, -0.1) is 0 Å². The van der Waals surface area contributed by atoms with Crippen LogP contribution in [0.3, 0.4) is 0 Å². The minimum absolute atomic E-state index is 0.161. The summed E-state index contributed by atoms with van der Waals surface area (Å²) in [6.07, 6.45) is 3.06. The lowest BCUT2D eigenvalue weighted by Crippen LogP contribution is -2.45. The van der Waals surface area contributed by atoms with Crippen LogP contribution in [0.15, 0.2) is 79.0 Å². The van der Waals surface area contributed by atoms with Crippen LogP contribution < -0.4 is 5.32 Å². The average molecular weight is 535 g/mol. The van der Waals surface area contributed by atoms with Gasteiger partial charge in [0.15, 0.2) is 0 Å². The number of amides is 3. The number of nitrogens with one attached hydrogen (secondary N) is 2. The van der Waals surface area contributed by atoms with E-state index in [2.05, 4.69) is 10.3 Å². The molecule has 0 bridgehead atoms. The number of rotatable bonds is 12. The van der Waals surface area contributed by atoms with Crippen LogP contribution in [0, 0.1) is 11.6 Å². The Morgan fingerprint density at radius 1 is 0.949 bits per heavy atom. The van der Waals surface area contributed by atoms with E-state index in [4.69, 9.17) is 4.74 Å². The number of anilines is 1. The highest BCUT2D eigenvalue weighted by Crippen LogP contribution is 2.19. The van der Waals surface area contributed by atoms with E-state index in [0.717, 1.165) is 34.2 Å². The Labute approximate surface area is 226 Å². The molecule has 0 aliphatic heterocycles. The minimum Gasteiger partial charge on any atom is -0.385 e. The van der Waals surface area contributed by atoms with Crippen LogP contribution in [0.1, 0.15) is 17.5 Å². The van der Waals surface area contributed by atoms with Crippen molar-refractivity contribution in [3.8, 4) is 0 Å². The number of halogens is 2. The fourth-order valence-electron chi connectivity index (χ4n) is 4.39. The molecule has 3 amide bonds. The molecule has 0 aliphatic carbocycles. The number of urea groups is 1. The SMILES string of the molecule is COCCCN(CC(=O)N(CCc1c[nH]c2ccccc12)Cc1ccccc1)C(=O)Nc1ccc(F)cc1F. The van der Waals surface area contributed by atoms with Gasteiger partial charge < -0.3 is 24.8 Å². The third-order valence-corrected chi connectivity index (χ3v) is 6.46. The van der Waals surface area contributed by atoms with E-state index in [9.17, 15) is 18.4 Å². The molecule has 0 aliphatic rings. The van der Waals surface area contributed by atoms with Crippen LogP contribution >= 0.6 is 0 Å². The predicted molar refractivity (Wildman–Crippen MR) is 147 cm³/mol. The van der Waals surface area contributed by atoms with E-state index >= 15 is 0 Å². The molecule has 0 spiro atoms. The third kappa shape index (κ3) is 7.64. The number of aromatic nitrogens is 1. The fraction of sp³-hybridized carbons (Fsp3) is 0.267. The number of ether oxygens (including phenoxy) is 1. The molecule has 0 atom stereocenters. The topological polar surface area (TPSA) is 77.7 Å². The normalized spacial score (nSPS) is 10.9. The van der Waals surface area contributed by atoms with Crippen LogP contribution in [0.2, 0.25) is 0 Å². The largest absolute Gasteiger partial charge is 0.385 e. The monoisotopic (exact) mass is 534 g/mol. The molecule has 0 saturated carbocycles. The van der Waals surface area contributed by atoms with Gasteiger partial charge in [0.05, 0.1) is 5.69 Å². The van der Waals surface area contributed by atoms with E-state index < -0.39 is 17.7 Å². The quantitative estimate of drug-likeness (QED) is 0.233. The fourth-order valence-corrected chi connectivity index (χ4v) is 4.39.